The number of fused-ring (bicyclic) bond motifs is 4. The van der Waals surface area contributed by atoms with Crippen molar-refractivity contribution in [2.24, 2.45) is 5.92 Å². The summed E-state index contributed by atoms with van der Waals surface area (Å²) in [5.74, 6) is 0.521. The predicted molar refractivity (Wildman–Crippen MR) is 264 cm³/mol. The van der Waals surface area contributed by atoms with Gasteiger partial charge in [-0.15, -0.1) is 0 Å². The molecule has 0 saturated carbocycles. The molecule has 62 heavy (non-hydrogen) atoms. The van der Waals surface area contributed by atoms with Crippen molar-refractivity contribution in [1.29, 1.82) is 0 Å². The van der Waals surface area contributed by atoms with Crippen LogP contribution >= 0.6 is 0 Å². The maximum absolute atomic E-state index is 2.51. The third-order valence-corrected chi connectivity index (χ3v) is 12.5. The van der Waals surface area contributed by atoms with E-state index in [1.165, 1.54) is 55.3 Å². The molecule has 1 atom stereocenters. The fraction of sp³-hybridized carbons (Fsp3) is 0.0847. The average Bonchev–Trinajstić information content (AvgIpc) is 3.65. The number of hydrogen-bond acceptors (Lipinski definition) is 2. The first-order chi connectivity index (χ1) is 30.7. The average molecular weight is 798 g/mol. The van der Waals surface area contributed by atoms with Gasteiger partial charge in [0.05, 0.1) is 5.52 Å². The highest BCUT2D eigenvalue weighted by Crippen LogP contribution is 2.46. The van der Waals surface area contributed by atoms with E-state index in [1.54, 1.807) is 0 Å². The lowest BCUT2D eigenvalue weighted by atomic mass is 9.90. The zero-order chi connectivity index (χ0) is 41.4. The molecule has 0 amide bonds. The molecule has 0 fully saturated rings. The first kappa shape index (κ1) is 37.4. The monoisotopic (exact) mass is 797 g/mol. The molecule has 0 N–H and O–H groups in total. The Morgan fingerprint density at radius 3 is 1.48 bits per heavy atom. The maximum Gasteiger partial charge on any atom is 0.0543 e. The van der Waals surface area contributed by atoms with Gasteiger partial charge in [-0.1, -0.05) is 146 Å². The first-order valence-electron chi connectivity index (χ1n) is 21.9. The SMILES string of the molecule is CC1C=Cc2c(c3ccc(-c4ccc(-c5cc(N(c6ccccc6)c6ccccc6)cc(N(c6ccccc6)c6ccccc6)c5)c5ccccc45)cc3n2C2=CCCC=C2)C1. The smallest absolute Gasteiger partial charge is 0.0543 e. The highest BCUT2D eigenvalue weighted by atomic mass is 15.2. The Kier molecular flexibility index (Phi) is 9.71. The van der Waals surface area contributed by atoms with Gasteiger partial charge in [0.1, 0.15) is 0 Å². The summed E-state index contributed by atoms with van der Waals surface area (Å²) < 4.78 is 2.51. The van der Waals surface area contributed by atoms with Crippen LogP contribution < -0.4 is 9.80 Å². The topological polar surface area (TPSA) is 11.4 Å². The lowest BCUT2D eigenvalue weighted by Crippen LogP contribution is -2.13. The normalized spacial score (nSPS) is 14.5. The molecular weight excluding hydrogens is 751 g/mol. The fourth-order valence-corrected chi connectivity index (χ4v) is 9.63. The summed E-state index contributed by atoms with van der Waals surface area (Å²) in [5.41, 5.74) is 16.6. The molecule has 3 heteroatoms. The van der Waals surface area contributed by atoms with E-state index >= 15 is 0 Å². The van der Waals surface area contributed by atoms with Crippen molar-refractivity contribution in [3.63, 3.8) is 0 Å². The molecule has 1 aromatic heterocycles. The molecule has 0 saturated heterocycles. The van der Waals surface area contributed by atoms with Gasteiger partial charge in [-0.05, 0) is 149 Å². The molecule has 8 aromatic carbocycles. The van der Waals surface area contributed by atoms with Crippen molar-refractivity contribution in [3.05, 3.63) is 230 Å². The molecule has 2 aliphatic carbocycles. The van der Waals surface area contributed by atoms with E-state index in [0.29, 0.717) is 5.92 Å². The minimum atomic E-state index is 0.521. The van der Waals surface area contributed by atoms with Crippen molar-refractivity contribution in [2.45, 2.75) is 26.2 Å². The summed E-state index contributed by atoms with van der Waals surface area (Å²) in [5, 5.41) is 3.80. The second kappa shape index (κ2) is 16.1. The Balaban J connectivity index is 1.12. The van der Waals surface area contributed by atoms with Crippen molar-refractivity contribution in [1.82, 2.24) is 4.57 Å². The summed E-state index contributed by atoms with van der Waals surface area (Å²) in [6, 6.07) is 70.7. The van der Waals surface area contributed by atoms with Crippen molar-refractivity contribution in [2.75, 3.05) is 9.80 Å². The van der Waals surface area contributed by atoms with E-state index in [9.17, 15) is 0 Å². The molecule has 0 spiro atoms. The molecule has 298 valence electrons. The van der Waals surface area contributed by atoms with Crippen LogP contribution in [-0.4, -0.2) is 4.57 Å². The van der Waals surface area contributed by atoms with Crippen LogP contribution in [0.15, 0.2) is 218 Å². The van der Waals surface area contributed by atoms with Crippen LogP contribution in [0, 0.1) is 5.92 Å². The second-order valence-electron chi connectivity index (χ2n) is 16.5. The third-order valence-electron chi connectivity index (χ3n) is 12.5. The summed E-state index contributed by atoms with van der Waals surface area (Å²) in [7, 11) is 0. The molecule has 2 aliphatic rings. The van der Waals surface area contributed by atoms with Gasteiger partial charge in [0.2, 0.25) is 0 Å². The van der Waals surface area contributed by atoms with Crippen molar-refractivity contribution in [3.8, 4) is 22.3 Å². The van der Waals surface area contributed by atoms with Gasteiger partial charge in [0, 0.05) is 50.9 Å². The third kappa shape index (κ3) is 6.82. The Labute approximate surface area is 364 Å². The Morgan fingerprint density at radius 1 is 0.452 bits per heavy atom. The van der Waals surface area contributed by atoms with Gasteiger partial charge < -0.3 is 14.4 Å². The summed E-state index contributed by atoms with van der Waals surface area (Å²) in [4.78, 5) is 4.74. The lowest BCUT2D eigenvalue weighted by Gasteiger charge is -2.30. The number of allylic oxidation sites excluding steroid dienone is 5. The largest absolute Gasteiger partial charge is 0.310 e. The Morgan fingerprint density at radius 2 is 0.968 bits per heavy atom. The summed E-state index contributed by atoms with van der Waals surface area (Å²) in [6.45, 7) is 2.32. The molecular formula is C59H47N3. The van der Waals surface area contributed by atoms with E-state index in [-0.39, 0.29) is 0 Å². The van der Waals surface area contributed by atoms with Gasteiger partial charge >= 0.3 is 0 Å². The predicted octanol–water partition coefficient (Wildman–Crippen LogP) is 16.5. The fourth-order valence-electron chi connectivity index (χ4n) is 9.63. The van der Waals surface area contributed by atoms with E-state index in [0.717, 1.165) is 59.0 Å². The van der Waals surface area contributed by atoms with Crippen LogP contribution in [0.1, 0.15) is 31.0 Å². The summed E-state index contributed by atoms with van der Waals surface area (Å²) >= 11 is 0. The van der Waals surface area contributed by atoms with E-state index in [2.05, 4.69) is 246 Å². The number of hydrogen-bond donors (Lipinski definition) is 0. The van der Waals surface area contributed by atoms with Gasteiger partial charge in [-0.25, -0.2) is 0 Å². The van der Waals surface area contributed by atoms with Crippen LogP contribution in [0.4, 0.5) is 34.1 Å². The van der Waals surface area contributed by atoms with Crippen molar-refractivity contribution < 1.29 is 0 Å². The zero-order valence-corrected chi connectivity index (χ0v) is 34.9. The highest BCUT2D eigenvalue weighted by Gasteiger charge is 2.24. The van der Waals surface area contributed by atoms with Crippen LogP contribution in [0.3, 0.4) is 0 Å². The molecule has 1 unspecified atom stereocenters. The minimum Gasteiger partial charge on any atom is -0.310 e. The zero-order valence-electron chi connectivity index (χ0n) is 34.9. The number of aromatic nitrogens is 1. The van der Waals surface area contributed by atoms with Crippen LogP contribution in [0.25, 0.3) is 55.7 Å². The molecule has 0 aliphatic heterocycles. The molecule has 0 radical (unpaired) electrons. The Bertz CT molecular complexity index is 2980. The number of anilines is 6. The summed E-state index contributed by atoms with van der Waals surface area (Å²) in [6.07, 6.45) is 15.0. The second-order valence-corrected chi connectivity index (χ2v) is 16.5. The minimum absolute atomic E-state index is 0.521. The van der Waals surface area contributed by atoms with Gasteiger partial charge in [-0.3, -0.25) is 0 Å². The number of rotatable bonds is 9. The van der Waals surface area contributed by atoms with Gasteiger partial charge in [0.15, 0.2) is 0 Å². The molecule has 3 nitrogen and oxygen atoms in total. The van der Waals surface area contributed by atoms with E-state index in [4.69, 9.17) is 0 Å². The Hall–Kier alpha value is -7.62. The van der Waals surface area contributed by atoms with Crippen LogP contribution in [-0.2, 0) is 6.42 Å². The van der Waals surface area contributed by atoms with E-state index < -0.39 is 0 Å². The standard InChI is InChI=1S/C59H47N3/c1-42-31-36-58-57(37-42)56-33-32-43(40-59(56)62(58)49-27-15-6-16-28-49)52-34-35-53(55-30-18-17-29-54(52)55)44-38-50(60(45-19-7-2-8-20-45)46-21-9-3-10-22-46)41-51(39-44)61(47-23-11-4-12-24-47)48-25-13-5-14-26-48/h2-5,7-15,17-36,38-42H,6,16,37H2,1H3. The molecule has 0 bridgehead atoms. The van der Waals surface area contributed by atoms with Crippen LogP contribution in [0.2, 0.25) is 0 Å². The number of benzene rings is 8. The maximum atomic E-state index is 2.51. The quantitative estimate of drug-likeness (QED) is 0.144. The first-order valence-corrected chi connectivity index (χ1v) is 21.9. The van der Waals surface area contributed by atoms with Gasteiger partial charge in [-0.2, -0.15) is 0 Å². The molecule has 11 rings (SSSR count). The number of para-hydroxylation sites is 4. The van der Waals surface area contributed by atoms with Gasteiger partial charge in [0.25, 0.3) is 0 Å². The molecule has 1 heterocycles. The highest BCUT2D eigenvalue weighted by molar-refractivity contribution is 6.07. The number of nitrogens with zero attached hydrogens (tertiary/aromatic N) is 3. The van der Waals surface area contributed by atoms with E-state index in [1.807, 2.05) is 0 Å². The lowest BCUT2D eigenvalue weighted by molar-refractivity contribution is 0.718. The van der Waals surface area contributed by atoms with Crippen molar-refractivity contribution >= 4 is 67.6 Å². The van der Waals surface area contributed by atoms with Crippen LogP contribution in [0.5, 0.6) is 0 Å². The molecule has 9 aromatic rings.